The van der Waals surface area contributed by atoms with Crippen molar-refractivity contribution in [2.45, 2.75) is 45.6 Å². The van der Waals surface area contributed by atoms with Crippen LogP contribution >= 0.6 is 0 Å². The molecule has 3 rings (SSSR count). The van der Waals surface area contributed by atoms with Crippen LogP contribution in [0.3, 0.4) is 0 Å². The molecule has 1 saturated heterocycles. The van der Waals surface area contributed by atoms with Crippen LogP contribution in [-0.2, 0) is 12.8 Å². The fraction of sp³-hybridized carbons (Fsp3) is 0.440. The molecule has 1 aliphatic rings. The van der Waals surface area contributed by atoms with E-state index in [1.807, 2.05) is 0 Å². The number of benzene rings is 2. The molecule has 0 radical (unpaired) electrons. The zero-order chi connectivity index (χ0) is 20.6. The standard InChI is InChI=1S/C25H31N3O/c1-19(2)28-14-11-22(12-15-28)16-21-8-6-20(7-9-21)10-13-27-25(29)24-5-3-4-23(17-24)18-26/h3-9,17,19,22H,10-16H2,1-2H3,(H,27,29). The van der Waals surface area contributed by atoms with Crippen molar-refractivity contribution in [3.8, 4) is 6.07 Å². The van der Waals surface area contributed by atoms with E-state index in [0.29, 0.717) is 23.7 Å². The van der Waals surface area contributed by atoms with Crippen LogP contribution in [0.2, 0.25) is 0 Å². The van der Waals surface area contributed by atoms with Crippen LogP contribution in [0.25, 0.3) is 0 Å². The van der Waals surface area contributed by atoms with E-state index in [1.165, 1.54) is 37.1 Å². The maximum Gasteiger partial charge on any atom is 0.251 e. The lowest BCUT2D eigenvalue weighted by atomic mass is 9.89. The molecule has 0 spiro atoms. The van der Waals surface area contributed by atoms with Crippen molar-refractivity contribution < 1.29 is 4.79 Å². The summed E-state index contributed by atoms with van der Waals surface area (Å²) in [6, 6.07) is 18.4. The number of nitriles is 1. The first kappa shape index (κ1) is 21.1. The summed E-state index contributed by atoms with van der Waals surface area (Å²) in [5, 5.41) is 11.9. The fourth-order valence-electron chi connectivity index (χ4n) is 4.00. The first-order valence-electron chi connectivity index (χ1n) is 10.7. The third-order valence-corrected chi connectivity index (χ3v) is 5.88. The highest BCUT2D eigenvalue weighted by Gasteiger charge is 2.20. The molecule has 1 N–H and O–H groups in total. The summed E-state index contributed by atoms with van der Waals surface area (Å²) in [5.41, 5.74) is 3.68. The minimum atomic E-state index is -0.133. The van der Waals surface area contributed by atoms with E-state index in [0.717, 1.165) is 18.8 Å². The smallest absolute Gasteiger partial charge is 0.251 e. The number of hydrogen-bond acceptors (Lipinski definition) is 3. The Balaban J connectivity index is 1.42. The van der Waals surface area contributed by atoms with Crippen molar-refractivity contribution in [1.82, 2.24) is 10.2 Å². The van der Waals surface area contributed by atoms with E-state index in [9.17, 15) is 4.79 Å². The van der Waals surface area contributed by atoms with Crippen molar-refractivity contribution >= 4 is 5.91 Å². The highest BCUT2D eigenvalue weighted by Crippen LogP contribution is 2.23. The Morgan fingerprint density at radius 3 is 2.48 bits per heavy atom. The van der Waals surface area contributed by atoms with Crippen molar-refractivity contribution in [2.24, 2.45) is 5.92 Å². The highest BCUT2D eigenvalue weighted by molar-refractivity contribution is 5.94. The Morgan fingerprint density at radius 2 is 1.83 bits per heavy atom. The predicted octanol–water partition coefficient (Wildman–Crippen LogP) is 4.19. The average Bonchev–Trinajstić information content (AvgIpc) is 2.75. The summed E-state index contributed by atoms with van der Waals surface area (Å²) in [6.45, 7) is 7.59. The molecule has 29 heavy (non-hydrogen) atoms. The maximum atomic E-state index is 12.2. The lowest BCUT2D eigenvalue weighted by Crippen LogP contribution is -2.38. The van der Waals surface area contributed by atoms with Crippen molar-refractivity contribution in [2.75, 3.05) is 19.6 Å². The third kappa shape index (κ3) is 6.17. The van der Waals surface area contributed by atoms with Crippen LogP contribution in [-0.4, -0.2) is 36.5 Å². The number of hydrogen-bond donors (Lipinski definition) is 1. The highest BCUT2D eigenvalue weighted by atomic mass is 16.1. The summed E-state index contributed by atoms with van der Waals surface area (Å²) in [7, 11) is 0. The topological polar surface area (TPSA) is 56.1 Å². The van der Waals surface area contributed by atoms with Gasteiger partial charge in [0, 0.05) is 18.2 Å². The van der Waals surface area contributed by atoms with E-state index in [1.54, 1.807) is 24.3 Å². The average molecular weight is 390 g/mol. The number of carbonyl (C=O) groups is 1. The van der Waals surface area contributed by atoms with Gasteiger partial charge in [-0.05, 0) is 87.9 Å². The van der Waals surface area contributed by atoms with Gasteiger partial charge < -0.3 is 10.2 Å². The number of carbonyl (C=O) groups excluding carboxylic acids is 1. The van der Waals surface area contributed by atoms with Crippen molar-refractivity contribution in [3.05, 3.63) is 70.8 Å². The molecule has 4 nitrogen and oxygen atoms in total. The first-order chi connectivity index (χ1) is 14.0. The van der Waals surface area contributed by atoms with Gasteiger partial charge in [0.2, 0.25) is 0 Å². The van der Waals surface area contributed by atoms with Crippen LogP contribution in [0.4, 0.5) is 0 Å². The molecule has 0 saturated carbocycles. The molecule has 2 aromatic rings. The van der Waals surface area contributed by atoms with Gasteiger partial charge in [-0.25, -0.2) is 0 Å². The largest absolute Gasteiger partial charge is 0.352 e. The van der Waals surface area contributed by atoms with Crippen LogP contribution in [0.5, 0.6) is 0 Å². The van der Waals surface area contributed by atoms with E-state index in [-0.39, 0.29) is 5.91 Å². The zero-order valence-corrected chi connectivity index (χ0v) is 17.5. The van der Waals surface area contributed by atoms with E-state index in [2.05, 4.69) is 54.4 Å². The number of nitrogens with one attached hydrogen (secondary N) is 1. The molecule has 0 bridgehead atoms. The number of nitrogens with zero attached hydrogens (tertiary/aromatic N) is 2. The normalized spacial score (nSPS) is 15.2. The van der Waals surface area contributed by atoms with Gasteiger partial charge in [0.05, 0.1) is 11.6 Å². The van der Waals surface area contributed by atoms with Gasteiger partial charge in [-0.3, -0.25) is 4.79 Å². The van der Waals surface area contributed by atoms with E-state index >= 15 is 0 Å². The van der Waals surface area contributed by atoms with Gasteiger partial charge in [-0.15, -0.1) is 0 Å². The van der Waals surface area contributed by atoms with E-state index < -0.39 is 0 Å². The molecule has 0 aliphatic carbocycles. The molecular formula is C25H31N3O. The number of amides is 1. The number of likely N-dealkylation sites (tertiary alicyclic amines) is 1. The molecule has 0 atom stereocenters. The first-order valence-corrected chi connectivity index (χ1v) is 10.7. The minimum absolute atomic E-state index is 0.133. The van der Waals surface area contributed by atoms with Gasteiger partial charge >= 0.3 is 0 Å². The summed E-state index contributed by atoms with van der Waals surface area (Å²) >= 11 is 0. The van der Waals surface area contributed by atoms with Gasteiger partial charge in [0.15, 0.2) is 0 Å². The third-order valence-electron chi connectivity index (χ3n) is 5.88. The van der Waals surface area contributed by atoms with Crippen LogP contribution < -0.4 is 5.32 Å². The molecule has 1 aliphatic heterocycles. The molecule has 1 amide bonds. The van der Waals surface area contributed by atoms with Crippen molar-refractivity contribution in [3.63, 3.8) is 0 Å². The summed E-state index contributed by atoms with van der Waals surface area (Å²) < 4.78 is 0. The monoisotopic (exact) mass is 389 g/mol. The van der Waals surface area contributed by atoms with Crippen LogP contribution in [0.1, 0.15) is 53.7 Å². The molecule has 1 heterocycles. The fourth-order valence-corrected chi connectivity index (χ4v) is 4.00. The Kier molecular flexibility index (Phi) is 7.43. The summed E-state index contributed by atoms with van der Waals surface area (Å²) in [6.07, 6.45) is 4.55. The molecule has 4 heteroatoms. The molecule has 152 valence electrons. The van der Waals surface area contributed by atoms with Crippen LogP contribution in [0.15, 0.2) is 48.5 Å². The summed E-state index contributed by atoms with van der Waals surface area (Å²) in [5.74, 6) is 0.658. The van der Waals surface area contributed by atoms with E-state index in [4.69, 9.17) is 5.26 Å². The Bertz CT molecular complexity index is 843. The lowest BCUT2D eigenvalue weighted by molar-refractivity contribution is 0.0954. The SMILES string of the molecule is CC(C)N1CCC(Cc2ccc(CCNC(=O)c3cccc(C#N)c3)cc2)CC1. The molecule has 2 aromatic carbocycles. The predicted molar refractivity (Wildman–Crippen MR) is 117 cm³/mol. The zero-order valence-electron chi connectivity index (χ0n) is 17.5. The maximum absolute atomic E-state index is 12.2. The number of piperidine rings is 1. The second-order valence-corrected chi connectivity index (χ2v) is 8.29. The second kappa shape index (κ2) is 10.2. The summed E-state index contributed by atoms with van der Waals surface area (Å²) in [4.78, 5) is 14.8. The Hall–Kier alpha value is -2.64. The Morgan fingerprint density at radius 1 is 1.14 bits per heavy atom. The quantitative estimate of drug-likeness (QED) is 0.772. The minimum Gasteiger partial charge on any atom is -0.352 e. The molecule has 0 unspecified atom stereocenters. The van der Waals surface area contributed by atoms with Gasteiger partial charge in [0.1, 0.15) is 0 Å². The van der Waals surface area contributed by atoms with Crippen LogP contribution in [0, 0.1) is 17.2 Å². The lowest BCUT2D eigenvalue weighted by Gasteiger charge is -2.34. The molecular weight excluding hydrogens is 358 g/mol. The van der Waals surface area contributed by atoms with Gasteiger partial charge in [0.25, 0.3) is 5.91 Å². The number of rotatable bonds is 7. The Labute approximate surface area is 174 Å². The molecule has 1 fully saturated rings. The molecule has 0 aromatic heterocycles. The van der Waals surface area contributed by atoms with Gasteiger partial charge in [-0.1, -0.05) is 30.3 Å². The second-order valence-electron chi connectivity index (χ2n) is 8.29. The van der Waals surface area contributed by atoms with Crippen molar-refractivity contribution in [1.29, 1.82) is 5.26 Å². The van der Waals surface area contributed by atoms with Gasteiger partial charge in [-0.2, -0.15) is 5.26 Å².